The van der Waals surface area contributed by atoms with E-state index < -0.39 is 9.84 Å². The zero-order valence-electron chi connectivity index (χ0n) is 13.0. The van der Waals surface area contributed by atoms with Crippen molar-refractivity contribution in [2.45, 2.75) is 39.9 Å². The van der Waals surface area contributed by atoms with Crippen molar-refractivity contribution in [3.8, 4) is 0 Å². The van der Waals surface area contributed by atoms with Crippen molar-refractivity contribution in [3.05, 3.63) is 36.0 Å². The highest BCUT2D eigenvalue weighted by atomic mass is 32.2. The molecule has 0 spiro atoms. The zero-order chi connectivity index (χ0) is 15.5. The molecule has 0 aliphatic carbocycles. The summed E-state index contributed by atoms with van der Waals surface area (Å²) in [6.07, 6.45) is 0. The summed E-state index contributed by atoms with van der Waals surface area (Å²) in [5.41, 5.74) is 2.24. The number of rotatable bonds is 7. The van der Waals surface area contributed by atoms with Crippen LogP contribution < -0.4 is 5.32 Å². The molecule has 0 radical (unpaired) electrons. The summed E-state index contributed by atoms with van der Waals surface area (Å²) in [5, 5.41) is 4.56. The van der Waals surface area contributed by atoms with E-state index in [0.717, 1.165) is 23.1 Å². The minimum Gasteiger partial charge on any atom is -0.342 e. The van der Waals surface area contributed by atoms with Gasteiger partial charge in [0, 0.05) is 36.1 Å². The molecule has 2 aromatic rings. The summed E-state index contributed by atoms with van der Waals surface area (Å²) in [5.74, 6) is 0.391. The molecule has 116 valence electrons. The van der Waals surface area contributed by atoms with Crippen LogP contribution in [0.1, 0.15) is 26.5 Å². The van der Waals surface area contributed by atoms with E-state index in [1.54, 1.807) is 6.92 Å². The van der Waals surface area contributed by atoms with Crippen LogP contribution in [-0.2, 0) is 22.9 Å². The van der Waals surface area contributed by atoms with Crippen LogP contribution in [0.5, 0.6) is 0 Å². The van der Waals surface area contributed by atoms with Gasteiger partial charge in [0.25, 0.3) is 0 Å². The minimum absolute atomic E-state index is 0.191. The molecular formula is C16H24N2O2S. The second-order valence-corrected chi connectivity index (χ2v) is 8.09. The molecular weight excluding hydrogens is 284 g/mol. The highest BCUT2D eigenvalue weighted by Gasteiger charge is 2.12. The van der Waals surface area contributed by atoms with Gasteiger partial charge in [-0.05, 0) is 17.5 Å². The molecule has 1 N–H and O–H groups in total. The smallest absolute Gasteiger partial charge is 0.151 e. The lowest BCUT2D eigenvalue weighted by atomic mass is 10.2. The predicted molar refractivity (Wildman–Crippen MR) is 88.2 cm³/mol. The number of para-hydroxylation sites is 1. The van der Waals surface area contributed by atoms with Crippen LogP contribution in [0, 0.1) is 0 Å². The number of nitrogens with zero attached hydrogens (tertiary/aromatic N) is 1. The van der Waals surface area contributed by atoms with Crippen LogP contribution >= 0.6 is 0 Å². The number of sulfone groups is 1. The first-order valence-corrected chi connectivity index (χ1v) is 9.26. The molecule has 0 saturated carbocycles. The topological polar surface area (TPSA) is 51.1 Å². The van der Waals surface area contributed by atoms with Gasteiger partial charge < -0.3 is 9.88 Å². The SMILES string of the molecule is CCS(=O)(=O)CCn1c(CNC(C)C)cc2ccccc21. The van der Waals surface area contributed by atoms with Crippen LogP contribution in [0.15, 0.2) is 30.3 Å². The molecule has 0 amide bonds. The van der Waals surface area contributed by atoms with Crippen molar-refractivity contribution in [2.24, 2.45) is 0 Å². The quantitative estimate of drug-likeness (QED) is 0.855. The number of fused-ring (bicyclic) bond motifs is 1. The Labute approximate surface area is 127 Å². The first-order chi connectivity index (χ1) is 9.93. The summed E-state index contributed by atoms with van der Waals surface area (Å²) in [6, 6.07) is 10.7. The van der Waals surface area contributed by atoms with E-state index in [1.165, 1.54) is 0 Å². The van der Waals surface area contributed by atoms with Gasteiger partial charge in [0.1, 0.15) is 0 Å². The first-order valence-electron chi connectivity index (χ1n) is 7.44. The summed E-state index contributed by atoms with van der Waals surface area (Å²) in [6.45, 7) is 7.17. The number of nitrogens with one attached hydrogen (secondary N) is 1. The monoisotopic (exact) mass is 308 g/mol. The summed E-state index contributed by atoms with van der Waals surface area (Å²) < 4.78 is 25.7. The van der Waals surface area contributed by atoms with Gasteiger partial charge in [0.05, 0.1) is 5.75 Å². The Bertz CT molecular complexity index is 702. The maximum atomic E-state index is 11.8. The molecule has 1 aromatic carbocycles. The maximum absolute atomic E-state index is 11.8. The fraction of sp³-hybridized carbons (Fsp3) is 0.500. The Hall–Kier alpha value is -1.33. The van der Waals surface area contributed by atoms with Crippen LogP contribution in [0.4, 0.5) is 0 Å². The van der Waals surface area contributed by atoms with Gasteiger partial charge in [-0.2, -0.15) is 0 Å². The Kier molecular flexibility index (Phi) is 5.06. The van der Waals surface area contributed by atoms with Crippen molar-refractivity contribution >= 4 is 20.7 Å². The van der Waals surface area contributed by atoms with Crippen molar-refractivity contribution in [2.75, 3.05) is 11.5 Å². The lowest BCUT2D eigenvalue weighted by molar-refractivity contribution is 0.560. The number of hydrogen-bond acceptors (Lipinski definition) is 3. The second-order valence-electron chi connectivity index (χ2n) is 5.62. The third kappa shape index (κ3) is 4.08. The van der Waals surface area contributed by atoms with E-state index in [2.05, 4.69) is 35.9 Å². The molecule has 5 heteroatoms. The lowest BCUT2D eigenvalue weighted by Gasteiger charge is -2.13. The minimum atomic E-state index is -2.95. The molecule has 2 rings (SSSR count). The Balaban J connectivity index is 2.31. The van der Waals surface area contributed by atoms with Crippen LogP contribution in [0.3, 0.4) is 0 Å². The highest BCUT2D eigenvalue weighted by Crippen LogP contribution is 2.20. The van der Waals surface area contributed by atoms with Crippen molar-refractivity contribution in [3.63, 3.8) is 0 Å². The average Bonchev–Trinajstić information content (AvgIpc) is 2.81. The molecule has 21 heavy (non-hydrogen) atoms. The maximum Gasteiger partial charge on any atom is 0.151 e. The number of aromatic nitrogens is 1. The number of aryl methyl sites for hydroxylation is 1. The van der Waals surface area contributed by atoms with Gasteiger partial charge in [-0.1, -0.05) is 39.0 Å². The van der Waals surface area contributed by atoms with Crippen LogP contribution in [0.2, 0.25) is 0 Å². The number of hydrogen-bond donors (Lipinski definition) is 1. The average molecular weight is 308 g/mol. The lowest BCUT2D eigenvalue weighted by Crippen LogP contribution is -2.24. The molecule has 0 bridgehead atoms. The van der Waals surface area contributed by atoms with Gasteiger partial charge in [0.2, 0.25) is 0 Å². The van der Waals surface area contributed by atoms with Gasteiger partial charge in [0.15, 0.2) is 9.84 Å². The molecule has 0 aliphatic heterocycles. The van der Waals surface area contributed by atoms with E-state index in [4.69, 9.17) is 0 Å². The first kappa shape index (κ1) is 16.0. The molecule has 0 unspecified atom stereocenters. The molecule has 0 fully saturated rings. The third-order valence-corrected chi connectivity index (χ3v) is 5.34. The van der Waals surface area contributed by atoms with Crippen molar-refractivity contribution in [1.82, 2.24) is 9.88 Å². The zero-order valence-corrected chi connectivity index (χ0v) is 13.8. The molecule has 0 saturated heterocycles. The van der Waals surface area contributed by atoms with Crippen molar-refractivity contribution in [1.29, 1.82) is 0 Å². The standard InChI is InChI=1S/C16H24N2O2S/c1-4-21(19,20)10-9-18-15(12-17-13(2)3)11-14-7-5-6-8-16(14)18/h5-8,11,13,17H,4,9-10,12H2,1-3H3. The molecule has 1 heterocycles. The van der Waals surface area contributed by atoms with Crippen LogP contribution in [0.25, 0.3) is 10.9 Å². The Morgan fingerprint density at radius 1 is 1.24 bits per heavy atom. The van der Waals surface area contributed by atoms with E-state index in [1.807, 2.05) is 18.2 Å². The molecule has 1 aromatic heterocycles. The number of benzene rings is 1. The molecule has 4 nitrogen and oxygen atoms in total. The Morgan fingerprint density at radius 3 is 2.62 bits per heavy atom. The van der Waals surface area contributed by atoms with Gasteiger partial charge in [-0.3, -0.25) is 0 Å². The van der Waals surface area contributed by atoms with E-state index in [9.17, 15) is 8.42 Å². The fourth-order valence-corrected chi connectivity index (χ4v) is 3.11. The second kappa shape index (κ2) is 6.62. The van der Waals surface area contributed by atoms with Gasteiger partial charge in [-0.25, -0.2) is 8.42 Å². The molecule has 0 atom stereocenters. The van der Waals surface area contributed by atoms with Gasteiger partial charge in [-0.15, -0.1) is 0 Å². The van der Waals surface area contributed by atoms with E-state index >= 15 is 0 Å². The summed E-state index contributed by atoms with van der Waals surface area (Å²) in [7, 11) is -2.95. The largest absolute Gasteiger partial charge is 0.342 e. The third-order valence-electron chi connectivity index (χ3n) is 3.65. The fourth-order valence-electron chi connectivity index (χ4n) is 2.36. The molecule has 0 aliphatic rings. The van der Waals surface area contributed by atoms with E-state index in [-0.39, 0.29) is 11.5 Å². The van der Waals surface area contributed by atoms with Crippen molar-refractivity contribution < 1.29 is 8.42 Å². The van der Waals surface area contributed by atoms with E-state index in [0.29, 0.717) is 12.6 Å². The summed E-state index contributed by atoms with van der Waals surface area (Å²) >= 11 is 0. The normalized spacial score (nSPS) is 12.4. The Morgan fingerprint density at radius 2 is 1.95 bits per heavy atom. The van der Waals surface area contributed by atoms with Gasteiger partial charge >= 0.3 is 0 Å². The summed E-state index contributed by atoms with van der Waals surface area (Å²) in [4.78, 5) is 0. The van der Waals surface area contributed by atoms with Crippen LogP contribution in [-0.4, -0.2) is 30.5 Å². The highest BCUT2D eigenvalue weighted by molar-refractivity contribution is 7.91. The predicted octanol–water partition coefficient (Wildman–Crippen LogP) is 2.57.